The zero-order valence-corrected chi connectivity index (χ0v) is 10.3. The molecule has 0 amide bonds. The van der Waals surface area contributed by atoms with Gasteiger partial charge in [-0.1, -0.05) is 29.8 Å². The van der Waals surface area contributed by atoms with Crippen LogP contribution in [0.25, 0.3) is 10.9 Å². The van der Waals surface area contributed by atoms with E-state index in [4.69, 9.17) is 0 Å². The molecule has 0 atom stereocenters. The predicted octanol–water partition coefficient (Wildman–Crippen LogP) is 4.08. The Kier molecular flexibility index (Phi) is 3.14. The van der Waals surface area contributed by atoms with Gasteiger partial charge in [0.15, 0.2) is 0 Å². The van der Waals surface area contributed by atoms with Crippen LogP contribution in [0.2, 0.25) is 0 Å². The minimum atomic E-state index is 1.14. The summed E-state index contributed by atoms with van der Waals surface area (Å²) in [6.07, 6.45) is 6.75. The number of nitrogens with zero attached hydrogens (tertiary/aromatic N) is 1. The highest BCUT2D eigenvalue weighted by atomic mass is 14.9. The van der Waals surface area contributed by atoms with Crippen LogP contribution in [-0.2, 0) is 13.5 Å². The molecule has 0 bridgehead atoms. The molecule has 1 heterocycles. The number of hydrogen-bond acceptors (Lipinski definition) is 0. The van der Waals surface area contributed by atoms with Gasteiger partial charge in [-0.25, -0.2) is 0 Å². The van der Waals surface area contributed by atoms with Crippen molar-refractivity contribution in [1.82, 2.24) is 4.57 Å². The zero-order valence-electron chi connectivity index (χ0n) is 10.3. The van der Waals surface area contributed by atoms with Gasteiger partial charge in [-0.3, -0.25) is 0 Å². The molecule has 2 rings (SSSR count). The van der Waals surface area contributed by atoms with Gasteiger partial charge in [-0.2, -0.15) is 0 Å². The Labute approximate surface area is 97.4 Å². The van der Waals surface area contributed by atoms with Crippen molar-refractivity contribution in [3.8, 4) is 0 Å². The molecule has 1 aromatic carbocycles. The van der Waals surface area contributed by atoms with Crippen LogP contribution in [0.4, 0.5) is 0 Å². The van der Waals surface area contributed by atoms with Crippen molar-refractivity contribution in [3.05, 3.63) is 47.7 Å². The minimum Gasteiger partial charge on any atom is -0.350 e. The highest BCUT2D eigenvalue weighted by Crippen LogP contribution is 2.22. The molecule has 1 nitrogen and oxygen atoms in total. The molecule has 0 aliphatic heterocycles. The van der Waals surface area contributed by atoms with Crippen molar-refractivity contribution in [2.45, 2.75) is 26.7 Å². The second kappa shape index (κ2) is 4.56. The summed E-state index contributed by atoms with van der Waals surface area (Å²) < 4.78 is 2.22. The number of aryl methyl sites for hydroxylation is 2. The topological polar surface area (TPSA) is 4.93 Å². The first kappa shape index (κ1) is 11.0. The van der Waals surface area contributed by atoms with E-state index in [2.05, 4.69) is 62.0 Å². The van der Waals surface area contributed by atoms with Crippen LogP contribution in [-0.4, -0.2) is 4.57 Å². The third-order valence-corrected chi connectivity index (χ3v) is 3.26. The van der Waals surface area contributed by atoms with Gasteiger partial charge in [-0.05, 0) is 38.3 Å². The lowest BCUT2D eigenvalue weighted by Crippen LogP contribution is -1.85. The first-order chi connectivity index (χ1) is 7.72. The molecule has 84 valence electrons. The van der Waals surface area contributed by atoms with E-state index in [1.165, 1.54) is 22.0 Å². The molecule has 0 saturated carbocycles. The lowest BCUT2D eigenvalue weighted by Gasteiger charge is -1.99. The summed E-state index contributed by atoms with van der Waals surface area (Å²) in [7, 11) is 2.12. The summed E-state index contributed by atoms with van der Waals surface area (Å²) in [4.78, 5) is 0. The van der Waals surface area contributed by atoms with E-state index >= 15 is 0 Å². The maximum Gasteiger partial charge on any atom is 0.0480 e. The lowest BCUT2D eigenvalue weighted by molar-refractivity contribution is 0.914. The molecule has 0 fully saturated rings. The van der Waals surface area contributed by atoms with Crippen molar-refractivity contribution in [2.75, 3.05) is 0 Å². The van der Waals surface area contributed by atoms with Crippen LogP contribution in [0, 0.1) is 0 Å². The second-order valence-corrected chi connectivity index (χ2v) is 4.42. The largest absolute Gasteiger partial charge is 0.350 e. The van der Waals surface area contributed by atoms with E-state index in [1.54, 1.807) is 0 Å². The van der Waals surface area contributed by atoms with Crippen LogP contribution < -0.4 is 0 Å². The smallest absolute Gasteiger partial charge is 0.0480 e. The molecule has 0 saturated heterocycles. The van der Waals surface area contributed by atoms with Crippen molar-refractivity contribution in [2.24, 2.45) is 7.05 Å². The molecule has 16 heavy (non-hydrogen) atoms. The Balaban J connectivity index is 2.31. The second-order valence-electron chi connectivity index (χ2n) is 4.42. The fourth-order valence-electron chi connectivity index (χ4n) is 2.10. The predicted molar refractivity (Wildman–Crippen MR) is 70.7 cm³/mol. The Morgan fingerprint density at radius 1 is 1.31 bits per heavy atom. The Morgan fingerprint density at radius 2 is 2.06 bits per heavy atom. The fraction of sp³-hybridized carbons (Fsp3) is 0.333. The lowest BCUT2D eigenvalue weighted by atomic mass is 10.0. The zero-order chi connectivity index (χ0) is 11.5. The van der Waals surface area contributed by atoms with Gasteiger partial charge >= 0.3 is 0 Å². The van der Waals surface area contributed by atoms with Crippen LogP contribution in [0.5, 0.6) is 0 Å². The fourth-order valence-corrected chi connectivity index (χ4v) is 2.10. The summed E-state index contributed by atoms with van der Waals surface area (Å²) in [6, 6.07) is 8.62. The van der Waals surface area contributed by atoms with Gasteiger partial charge in [0.05, 0.1) is 0 Å². The van der Waals surface area contributed by atoms with Crippen LogP contribution >= 0.6 is 0 Å². The number of para-hydroxylation sites is 1. The van der Waals surface area contributed by atoms with Crippen LogP contribution in [0.1, 0.15) is 25.8 Å². The summed E-state index contributed by atoms with van der Waals surface area (Å²) in [5.41, 5.74) is 4.25. The first-order valence-corrected chi connectivity index (χ1v) is 5.87. The van der Waals surface area contributed by atoms with Gasteiger partial charge in [0.2, 0.25) is 0 Å². The molecule has 0 N–H and O–H groups in total. The molecule has 0 aliphatic carbocycles. The Hall–Kier alpha value is -1.50. The molecule has 2 aromatic rings. The average Bonchev–Trinajstić information content (AvgIpc) is 2.64. The number of hydrogen-bond donors (Lipinski definition) is 0. The van der Waals surface area contributed by atoms with Gasteiger partial charge in [-0.15, -0.1) is 0 Å². The quantitative estimate of drug-likeness (QED) is 0.677. The number of allylic oxidation sites excluding steroid dienone is 2. The summed E-state index contributed by atoms with van der Waals surface area (Å²) >= 11 is 0. The van der Waals surface area contributed by atoms with Crippen LogP contribution in [0.15, 0.2) is 42.1 Å². The minimum absolute atomic E-state index is 1.14. The molecule has 0 unspecified atom stereocenters. The van der Waals surface area contributed by atoms with E-state index < -0.39 is 0 Å². The first-order valence-electron chi connectivity index (χ1n) is 5.87. The molecule has 1 heteroatoms. The molecule has 0 aliphatic rings. The Morgan fingerprint density at radius 3 is 2.81 bits per heavy atom. The number of rotatable bonds is 3. The number of fused-ring (bicyclic) bond motifs is 1. The van der Waals surface area contributed by atoms with Crippen molar-refractivity contribution < 1.29 is 0 Å². The normalized spacial score (nSPS) is 12.3. The van der Waals surface area contributed by atoms with Gasteiger partial charge in [0, 0.05) is 24.1 Å². The van der Waals surface area contributed by atoms with Gasteiger partial charge in [0.25, 0.3) is 0 Å². The van der Waals surface area contributed by atoms with Crippen molar-refractivity contribution in [1.29, 1.82) is 0 Å². The van der Waals surface area contributed by atoms with Gasteiger partial charge in [0.1, 0.15) is 0 Å². The summed E-state index contributed by atoms with van der Waals surface area (Å²) in [5, 5.41) is 1.40. The number of aromatic nitrogens is 1. The number of benzene rings is 1. The molecular formula is C15H19N. The molecule has 0 spiro atoms. The van der Waals surface area contributed by atoms with Gasteiger partial charge < -0.3 is 4.57 Å². The van der Waals surface area contributed by atoms with Crippen LogP contribution in [0.3, 0.4) is 0 Å². The summed E-state index contributed by atoms with van der Waals surface area (Å²) in [6.45, 7) is 4.31. The third kappa shape index (κ3) is 2.04. The van der Waals surface area contributed by atoms with E-state index in [9.17, 15) is 0 Å². The SMILES string of the molecule is C/C=C(/C)CCc1cn(C)c2ccccc12. The highest BCUT2D eigenvalue weighted by molar-refractivity contribution is 5.83. The highest BCUT2D eigenvalue weighted by Gasteiger charge is 2.05. The standard InChI is InChI=1S/C15H19N/c1-4-12(2)9-10-13-11-16(3)15-8-6-5-7-14(13)15/h4-8,11H,9-10H2,1-3H3/b12-4-. The van der Waals surface area contributed by atoms with Crippen molar-refractivity contribution >= 4 is 10.9 Å². The third-order valence-electron chi connectivity index (χ3n) is 3.26. The maximum absolute atomic E-state index is 2.26. The maximum atomic E-state index is 2.26. The van der Waals surface area contributed by atoms with Crippen molar-refractivity contribution in [3.63, 3.8) is 0 Å². The van der Waals surface area contributed by atoms with E-state index in [0.29, 0.717) is 0 Å². The van der Waals surface area contributed by atoms with E-state index in [-0.39, 0.29) is 0 Å². The summed E-state index contributed by atoms with van der Waals surface area (Å²) in [5.74, 6) is 0. The molecular weight excluding hydrogens is 194 g/mol. The monoisotopic (exact) mass is 213 g/mol. The van der Waals surface area contributed by atoms with E-state index in [0.717, 1.165) is 12.8 Å². The molecule has 0 radical (unpaired) electrons. The molecule has 1 aromatic heterocycles. The average molecular weight is 213 g/mol. The Bertz CT molecular complexity index is 517. The van der Waals surface area contributed by atoms with E-state index in [1.807, 2.05) is 0 Å².